The fourth-order valence-electron chi connectivity index (χ4n) is 2.73. The van der Waals surface area contributed by atoms with Gasteiger partial charge in [0.05, 0.1) is 28.4 Å². The van der Waals surface area contributed by atoms with Crippen LogP contribution >= 0.6 is 11.6 Å². The number of benzene rings is 1. The Balaban J connectivity index is 2.75. The number of ether oxygens (including phenoxy) is 1. The van der Waals surface area contributed by atoms with Gasteiger partial charge in [0.15, 0.2) is 0 Å². The minimum atomic E-state index is -0.922. The van der Waals surface area contributed by atoms with Gasteiger partial charge < -0.3 is 9.84 Å². The Hall–Kier alpha value is -2.14. The number of carbonyl (C=O) groups is 2. The molecule has 1 N–H and O–H groups in total. The molecule has 2 aromatic rings. The van der Waals surface area contributed by atoms with Crippen LogP contribution < -0.4 is 0 Å². The third kappa shape index (κ3) is 3.85. The highest BCUT2D eigenvalue weighted by Gasteiger charge is 2.23. The highest BCUT2D eigenvalue weighted by Crippen LogP contribution is 2.30. The monoisotopic (exact) mass is 349 g/mol. The number of para-hydroxylation sites is 1. The number of carboxylic acids is 1. The number of esters is 1. The summed E-state index contributed by atoms with van der Waals surface area (Å²) in [6, 6.07) is 5.31. The van der Waals surface area contributed by atoms with Gasteiger partial charge in [-0.1, -0.05) is 37.1 Å². The van der Waals surface area contributed by atoms with E-state index in [9.17, 15) is 9.59 Å². The van der Waals surface area contributed by atoms with Gasteiger partial charge in [0.1, 0.15) is 0 Å². The van der Waals surface area contributed by atoms with Gasteiger partial charge >= 0.3 is 11.9 Å². The second-order valence-electron chi connectivity index (χ2n) is 5.41. The summed E-state index contributed by atoms with van der Waals surface area (Å²) in [7, 11) is 0. The van der Waals surface area contributed by atoms with E-state index >= 15 is 0 Å². The van der Waals surface area contributed by atoms with Crippen molar-refractivity contribution in [3.05, 3.63) is 40.0 Å². The Labute approximate surface area is 145 Å². The number of nitrogens with zero attached hydrogens (tertiary/aromatic N) is 1. The van der Waals surface area contributed by atoms with E-state index in [0.717, 1.165) is 6.42 Å². The molecule has 0 aliphatic heterocycles. The van der Waals surface area contributed by atoms with E-state index in [1.54, 1.807) is 19.1 Å². The molecule has 0 saturated carbocycles. The van der Waals surface area contributed by atoms with Gasteiger partial charge in [-0.25, -0.2) is 4.79 Å². The maximum atomic E-state index is 12.5. The maximum Gasteiger partial charge on any atom is 0.340 e. The Morgan fingerprint density at radius 1 is 1.25 bits per heavy atom. The quantitative estimate of drug-likeness (QED) is 0.763. The van der Waals surface area contributed by atoms with Gasteiger partial charge in [-0.15, -0.1) is 0 Å². The van der Waals surface area contributed by atoms with E-state index in [2.05, 4.69) is 4.98 Å². The number of aryl methyl sites for hydroxylation is 2. The zero-order valence-corrected chi connectivity index (χ0v) is 14.5. The molecular weight excluding hydrogens is 330 g/mol. The van der Waals surface area contributed by atoms with Gasteiger partial charge in [-0.2, -0.15) is 0 Å². The molecule has 0 bridgehead atoms. The number of rotatable bonds is 7. The lowest BCUT2D eigenvalue weighted by molar-refractivity contribution is -0.136. The average Bonchev–Trinajstić information content (AvgIpc) is 2.53. The summed E-state index contributed by atoms with van der Waals surface area (Å²) in [6.45, 7) is 3.97. The molecule has 0 spiro atoms. The molecule has 6 heteroatoms. The van der Waals surface area contributed by atoms with Crippen LogP contribution in [-0.2, 0) is 22.4 Å². The van der Waals surface area contributed by atoms with E-state index < -0.39 is 11.9 Å². The number of halogens is 1. The van der Waals surface area contributed by atoms with Crippen molar-refractivity contribution in [2.75, 3.05) is 6.61 Å². The van der Waals surface area contributed by atoms with Crippen molar-refractivity contribution >= 4 is 34.4 Å². The van der Waals surface area contributed by atoms with Crippen LogP contribution in [0.3, 0.4) is 0 Å². The van der Waals surface area contributed by atoms with Gasteiger partial charge in [0.25, 0.3) is 0 Å². The molecule has 5 nitrogen and oxygen atoms in total. The van der Waals surface area contributed by atoms with Crippen molar-refractivity contribution in [3.63, 3.8) is 0 Å². The largest absolute Gasteiger partial charge is 0.481 e. The van der Waals surface area contributed by atoms with Crippen LogP contribution in [0.4, 0.5) is 0 Å². The Morgan fingerprint density at radius 2 is 2.00 bits per heavy atom. The zero-order chi connectivity index (χ0) is 17.7. The second kappa shape index (κ2) is 8.11. The van der Waals surface area contributed by atoms with Gasteiger partial charge in [-0.05, 0) is 31.4 Å². The molecule has 2 rings (SSSR count). The number of pyridine rings is 1. The van der Waals surface area contributed by atoms with E-state index in [4.69, 9.17) is 21.4 Å². The molecule has 1 aromatic heterocycles. The van der Waals surface area contributed by atoms with Crippen LogP contribution in [-0.4, -0.2) is 28.6 Å². The number of aromatic nitrogens is 1. The van der Waals surface area contributed by atoms with Crippen molar-refractivity contribution in [2.45, 2.75) is 39.5 Å². The minimum absolute atomic E-state index is 0.0798. The van der Waals surface area contributed by atoms with Crippen LogP contribution in [0.25, 0.3) is 10.9 Å². The molecule has 24 heavy (non-hydrogen) atoms. The summed E-state index contributed by atoms with van der Waals surface area (Å²) in [5.41, 5.74) is 2.23. The molecule has 128 valence electrons. The van der Waals surface area contributed by atoms with Crippen molar-refractivity contribution in [3.8, 4) is 0 Å². The van der Waals surface area contributed by atoms with Crippen molar-refractivity contribution in [2.24, 2.45) is 0 Å². The number of hydrogen-bond donors (Lipinski definition) is 1. The lowest BCUT2D eigenvalue weighted by Gasteiger charge is -2.16. The third-order valence-electron chi connectivity index (χ3n) is 3.70. The smallest absolute Gasteiger partial charge is 0.340 e. The molecule has 0 unspecified atom stereocenters. The van der Waals surface area contributed by atoms with Crippen LogP contribution in [0.15, 0.2) is 18.2 Å². The molecule has 0 atom stereocenters. The first-order chi connectivity index (χ1) is 11.5. The summed E-state index contributed by atoms with van der Waals surface area (Å²) in [5, 5.41) is 10.2. The first-order valence-electron chi connectivity index (χ1n) is 7.98. The molecule has 0 radical (unpaired) electrons. The first-order valence-corrected chi connectivity index (χ1v) is 8.36. The number of aliphatic carboxylic acids is 1. The van der Waals surface area contributed by atoms with Gasteiger partial charge in [-0.3, -0.25) is 9.78 Å². The minimum Gasteiger partial charge on any atom is -0.481 e. The fourth-order valence-corrected chi connectivity index (χ4v) is 2.94. The Bertz CT molecular complexity index is 773. The second-order valence-corrected chi connectivity index (χ2v) is 5.82. The predicted octanol–water partition coefficient (Wildman–Crippen LogP) is 4.03. The SMILES string of the molecule is CCCc1nc2c(Cl)cccc2c(CCC(=O)O)c1C(=O)OCC. The van der Waals surface area contributed by atoms with Crippen molar-refractivity contribution < 1.29 is 19.4 Å². The molecule has 0 amide bonds. The molecule has 1 heterocycles. The van der Waals surface area contributed by atoms with Crippen LogP contribution in [0, 0.1) is 0 Å². The Kier molecular flexibility index (Phi) is 6.15. The lowest BCUT2D eigenvalue weighted by Crippen LogP contribution is -2.15. The predicted molar refractivity (Wildman–Crippen MR) is 92.7 cm³/mol. The number of carboxylic acid groups (broad SMARTS) is 1. The van der Waals surface area contributed by atoms with E-state index in [1.165, 1.54) is 0 Å². The number of fused-ring (bicyclic) bond motifs is 1. The Morgan fingerprint density at radius 3 is 2.62 bits per heavy atom. The van der Waals surface area contributed by atoms with Crippen LogP contribution in [0.5, 0.6) is 0 Å². The highest BCUT2D eigenvalue weighted by molar-refractivity contribution is 6.35. The maximum absolute atomic E-state index is 12.5. The first kappa shape index (κ1) is 18.2. The van der Waals surface area contributed by atoms with E-state index in [-0.39, 0.29) is 19.4 Å². The van der Waals surface area contributed by atoms with E-state index in [1.807, 2.05) is 13.0 Å². The zero-order valence-electron chi connectivity index (χ0n) is 13.8. The van der Waals surface area contributed by atoms with Crippen LogP contribution in [0.2, 0.25) is 5.02 Å². The third-order valence-corrected chi connectivity index (χ3v) is 4.01. The summed E-state index contributed by atoms with van der Waals surface area (Å²) < 4.78 is 5.18. The molecule has 0 fully saturated rings. The average molecular weight is 350 g/mol. The van der Waals surface area contributed by atoms with Crippen molar-refractivity contribution in [1.29, 1.82) is 0 Å². The molecular formula is C18H20ClNO4. The molecule has 0 saturated heterocycles. The fraction of sp³-hybridized carbons (Fsp3) is 0.389. The topological polar surface area (TPSA) is 76.5 Å². The summed E-state index contributed by atoms with van der Waals surface area (Å²) in [6.07, 6.45) is 1.53. The van der Waals surface area contributed by atoms with E-state index in [0.29, 0.717) is 39.2 Å². The number of carbonyl (C=O) groups excluding carboxylic acids is 1. The molecule has 0 aliphatic rings. The molecule has 0 aliphatic carbocycles. The van der Waals surface area contributed by atoms with Crippen molar-refractivity contribution in [1.82, 2.24) is 4.98 Å². The number of hydrogen-bond acceptors (Lipinski definition) is 4. The standard InChI is InChI=1S/C18H20ClNO4/c1-3-6-14-16(18(23)24-4-2)11(9-10-15(21)22)12-7-5-8-13(19)17(12)20-14/h5,7-8H,3-4,6,9-10H2,1-2H3,(H,21,22). The van der Waals surface area contributed by atoms with Crippen LogP contribution in [0.1, 0.15) is 48.3 Å². The summed E-state index contributed by atoms with van der Waals surface area (Å²) >= 11 is 6.26. The van der Waals surface area contributed by atoms with Gasteiger partial charge in [0, 0.05) is 11.8 Å². The highest BCUT2D eigenvalue weighted by atomic mass is 35.5. The van der Waals surface area contributed by atoms with Gasteiger partial charge in [0.2, 0.25) is 0 Å². The normalized spacial score (nSPS) is 10.8. The summed E-state index contributed by atoms with van der Waals surface area (Å²) in [4.78, 5) is 28.1. The molecule has 1 aromatic carbocycles. The summed E-state index contributed by atoms with van der Waals surface area (Å²) in [5.74, 6) is -1.38. The lowest BCUT2D eigenvalue weighted by atomic mass is 9.95.